The number of hydrogen-bond donors (Lipinski definition) is 2. The van der Waals surface area contributed by atoms with Crippen molar-refractivity contribution in [2.45, 2.75) is 34.1 Å². The summed E-state index contributed by atoms with van der Waals surface area (Å²) >= 11 is 1.16. The highest BCUT2D eigenvalue weighted by molar-refractivity contribution is 7.17. The van der Waals surface area contributed by atoms with Crippen molar-refractivity contribution in [2.24, 2.45) is 0 Å². The molecule has 2 N–H and O–H groups in total. The van der Waals surface area contributed by atoms with Gasteiger partial charge < -0.3 is 15.4 Å². The minimum Gasteiger partial charge on any atom is -0.493 e. The van der Waals surface area contributed by atoms with Crippen LogP contribution in [0.15, 0.2) is 42.5 Å². The molecule has 3 aromatic rings. The van der Waals surface area contributed by atoms with Gasteiger partial charge in [-0.05, 0) is 51.0 Å². The summed E-state index contributed by atoms with van der Waals surface area (Å²) in [4.78, 5) is 29.8. The van der Waals surface area contributed by atoms with Crippen LogP contribution in [0.1, 0.15) is 38.5 Å². The Hall–Kier alpha value is -3.19. The molecule has 0 fully saturated rings. The number of hydrogen-bond acceptors (Lipinski definition) is 5. The van der Waals surface area contributed by atoms with Crippen LogP contribution in [-0.4, -0.2) is 23.4 Å². The van der Waals surface area contributed by atoms with Crippen LogP contribution in [-0.2, 0) is 4.79 Å². The lowest BCUT2D eigenvalue weighted by molar-refractivity contribution is -0.116. The summed E-state index contributed by atoms with van der Waals surface area (Å²) in [6.07, 6.45) is 0.191. The van der Waals surface area contributed by atoms with Crippen molar-refractivity contribution in [3.63, 3.8) is 0 Å². The van der Waals surface area contributed by atoms with Gasteiger partial charge in [-0.1, -0.05) is 47.2 Å². The molecule has 0 saturated heterocycles. The first-order chi connectivity index (χ1) is 14.3. The number of benzene rings is 2. The van der Waals surface area contributed by atoms with Crippen LogP contribution in [0.2, 0.25) is 0 Å². The number of ether oxygens (including phenoxy) is 1. The summed E-state index contributed by atoms with van der Waals surface area (Å²) in [5.74, 6) is 0.279. The Bertz CT molecular complexity index is 1040. The molecular formula is C23H25N3O3S. The highest BCUT2D eigenvalue weighted by Crippen LogP contribution is 2.27. The van der Waals surface area contributed by atoms with Crippen molar-refractivity contribution >= 4 is 34.0 Å². The number of nitrogens with one attached hydrogen (secondary N) is 2. The van der Waals surface area contributed by atoms with Gasteiger partial charge in [-0.2, -0.15) is 0 Å². The fourth-order valence-corrected chi connectivity index (χ4v) is 4.05. The number of aryl methyl sites for hydroxylation is 4. The van der Waals surface area contributed by atoms with E-state index in [0.29, 0.717) is 15.7 Å². The van der Waals surface area contributed by atoms with Crippen LogP contribution < -0.4 is 15.4 Å². The number of amides is 2. The van der Waals surface area contributed by atoms with E-state index in [1.165, 1.54) is 0 Å². The van der Waals surface area contributed by atoms with E-state index in [2.05, 4.69) is 15.6 Å². The van der Waals surface area contributed by atoms with E-state index in [-0.39, 0.29) is 24.8 Å². The number of anilines is 2. The maximum atomic E-state index is 12.8. The molecule has 7 heteroatoms. The Morgan fingerprint density at radius 2 is 1.67 bits per heavy atom. The second kappa shape index (κ2) is 9.54. The largest absolute Gasteiger partial charge is 0.493 e. The monoisotopic (exact) mass is 423 g/mol. The van der Waals surface area contributed by atoms with Crippen molar-refractivity contribution in [3.05, 3.63) is 69.7 Å². The average Bonchev–Trinajstić information content (AvgIpc) is 3.05. The maximum absolute atomic E-state index is 12.8. The molecule has 3 rings (SSSR count). The van der Waals surface area contributed by atoms with Crippen molar-refractivity contribution < 1.29 is 14.3 Å². The van der Waals surface area contributed by atoms with Gasteiger partial charge in [-0.15, -0.1) is 0 Å². The van der Waals surface area contributed by atoms with Gasteiger partial charge >= 0.3 is 0 Å². The molecule has 0 radical (unpaired) electrons. The van der Waals surface area contributed by atoms with Crippen LogP contribution in [0.5, 0.6) is 5.75 Å². The third-order valence-corrected chi connectivity index (χ3v) is 5.58. The van der Waals surface area contributed by atoms with E-state index in [1.807, 2.05) is 63.2 Å². The van der Waals surface area contributed by atoms with Gasteiger partial charge in [0, 0.05) is 5.69 Å². The standard InChI is InChI=1S/C23H25N3O3S/c1-14-12-15(2)20(16(3)13-14)26-22(28)21-17(4)24-23(30-21)25-19(27)10-11-29-18-8-6-5-7-9-18/h5-9,12-13H,10-11H2,1-4H3,(H,26,28)(H,24,25,27). The fourth-order valence-electron chi connectivity index (χ4n) is 3.17. The molecule has 0 unspecified atom stereocenters. The molecule has 0 atom stereocenters. The number of para-hydroxylation sites is 1. The molecule has 6 nitrogen and oxygen atoms in total. The second-order valence-electron chi connectivity index (χ2n) is 7.12. The van der Waals surface area contributed by atoms with Gasteiger partial charge in [0.05, 0.1) is 18.7 Å². The molecule has 1 aromatic heterocycles. The predicted octanol–water partition coefficient (Wildman–Crippen LogP) is 5.04. The average molecular weight is 424 g/mol. The number of thiazole rings is 1. The van der Waals surface area contributed by atoms with E-state index >= 15 is 0 Å². The molecule has 2 aromatic carbocycles. The molecule has 2 amide bonds. The Labute approximate surface area is 180 Å². The molecular weight excluding hydrogens is 398 g/mol. The Kier molecular flexibility index (Phi) is 6.84. The topological polar surface area (TPSA) is 80.3 Å². The highest BCUT2D eigenvalue weighted by Gasteiger charge is 2.18. The van der Waals surface area contributed by atoms with Crippen molar-refractivity contribution in [1.29, 1.82) is 0 Å². The first-order valence-electron chi connectivity index (χ1n) is 9.68. The molecule has 156 valence electrons. The van der Waals surface area contributed by atoms with Gasteiger partial charge in [0.2, 0.25) is 5.91 Å². The lowest BCUT2D eigenvalue weighted by atomic mass is 10.1. The zero-order valence-electron chi connectivity index (χ0n) is 17.5. The molecule has 0 bridgehead atoms. The van der Waals surface area contributed by atoms with Gasteiger partial charge in [-0.3, -0.25) is 9.59 Å². The highest BCUT2D eigenvalue weighted by atomic mass is 32.1. The first kappa shape index (κ1) is 21.5. The van der Waals surface area contributed by atoms with E-state index in [1.54, 1.807) is 6.92 Å². The third kappa shape index (κ3) is 5.45. The van der Waals surface area contributed by atoms with Crippen LogP contribution >= 0.6 is 11.3 Å². The normalized spacial score (nSPS) is 10.5. The Morgan fingerprint density at radius 1 is 1.00 bits per heavy atom. The van der Waals surface area contributed by atoms with Gasteiger partial charge in [-0.25, -0.2) is 4.98 Å². The first-order valence-corrected chi connectivity index (χ1v) is 10.5. The minimum absolute atomic E-state index is 0.191. The molecule has 0 spiro atoms. The van der Waals surface area contributed by atoms with E-state index < -0.39 is 0 Å². The van der Waals surface area contributed by atoms with Crippen LogP contribution in [0, 0.1) is 27.7 Å². The fraction of sp³-hybridized carbons (Fsp3) is 0.261. The predicted molar refractivity (Wildman–Crippen MR) is 121 cm³/mol. The maximum Gasteiger partial charge on any atom is 0.267 e. The molecule has 0 saturated carbocycles. The van der Waals surface area contributed by atoms with Crippen molar-refractivity contribution in [2.75, 3.05) is 17.2 Å². The second-order valence-corrected chi connectivity index (χ2v) is 8.12. The Morgan fingerprint density at radius 3 is 2.33 bits per heavy atom. The quantitative estimate of drug-likeness (QED) is 0.558. The van der Waals surface area contributed by atoms with Crippen LogP contribution in [0.4, 0.5) is 10.8 Å². The van der Waals surface area contributed by atoms with Crippen molar-refractivity contribution in [1.82, 2.24) is 4.98 Å². The summed E-state index contributed by atoms with van der Waals surface area (Å²) in [6, 6.07) is 13.4. The lowest BCUT2D eigenvalue weighted by Gasteiger charge is -2.12. The van der Waals surface area contributed by atoms with E-state index in [0.717, 1.165) is 39.5 Å². The third-order valence-electron chi connectivity index (χ3n) is 4.51. The van der Waals surface area contributed by atoms with Gasteiger partial charge in [0.25, 0.3) is 5.91 Å². The number of carbonyl (C=O) groups excluding carboxylic acids is 2. The lowest BCUT2D eigenvalue weighted by Crippen LogP contribution is -2.15. The minimum atomic E-state index is -0.229. The number of aromatic nitrogens is 1. The molecule has 0 aliphatic heterocycles. The summed E-state index contributed by atoms with van der Waals surface area (Å²) in [7, 11) is 0. The SMILES string of the molecule is Cc1cc(C)c(NC(=O)c2sc(NC(=O)CCOc3ccccc3)nc2C)c(C)c1. The molecule has 0 aliphatic carbocycles. The molecule has 0 aliphatic rings. The summed E-state index contributed by atoms with van der Waals surface area (Å²) in [6.45, 7) is 7.99. The smallest absolute Gasteiger partial charge is 0.267 e. The van der Waals surface area contributed by atoms with E-state index in [4.69, 9.17) is 4.74 Å². The van der Waals surface area contributed by atoms with Crippen LogP contribution in [0.3, 0.4) is 0 Å². The van der Waals surface area contributed by atoms with E-state index in [9.17, 15) is 9.59 Å². The molecule has 30 heavy (non-hydrogen) atoms. The number of nitrogens with zero attached hydrogens (tertiary/aromatic N) is 1. The summed E-state index contributed by atoms with van der Waals surface area (Å²) < 4.78 is 5.54. The van der Waals surface area contributed by atoms with Crippen molar-refractivity contribution in [3.8, 4) is 5.75 Å². The Balaban J connectivity index is 1.59. The summed E-state index contributed by atoms with van der Waals surface area (Å²) in [5, 5.41) is 6.13. The zero-order chi connectivity index (χ0) is 21.7. The number of rotatable bonds is 7. The zero-order valence-corrected chi connectivity index (χ0v) is 18.4. The number of carbonyl (C=O) groups is 2. The molecule has 1 heterocycles. The van der Waals surface area contributed by atoms with Gasteiger partial charge in [0.15, 0.2) is 5.13 Å². The van der Waals surface area contributed by atoms with Gasteiger partial charge in [0.1, 0.15) is 10.6 Å². The summed E-state index contributed by atoms with van der Waals surface area (Å²) in [5.41, 5.74) is 4.56. The van der Waals surface area contributed by atoms with Crippen LogP contribution in [0.25, 0.3) is 0 Å².